The van der Waals surface area contributed by atoms with Crippen molar-refractivity contribution >= 4 is 28.4 Å². The molecule has 0 bridgehead atoms. The summed E-state index contributed by atoms with van der Waals surface area (Å²) in [5.41, 5.74) is 5.04. The van der Waals surface area contributed by atoms with Gasteiger partial charge in [-0.15, -0.1) is 0 Å². The third-order valence-corrected chi connectivity index (χ3v) is 2.25. The number of nitrogens with zero attached hydrogens (tertiary/aromatic N) is 2. The lowest BCUT2D eigenvalue weighted by molar-refractivity contribution is 0.150. The van der Waals surface area contributed by atoms with Gasteiger partial charge in [-0.1, -0.05) is 0 Å². The van der Waals surface area contributed by atoms with Gasteiger partial charge in [0.2, 0.25) is 0 Å². The van der Waals surface area contributed by atoms with E-state index < -0.39 is 6.43 Å². The summed E-state index contributed by atoms with van der Waals surface area (Å²) in [7, 11) is 0. The summed E-state index contributed by atoms with van der Waals surface area (Å²) >= 11 is 1.65. The van der Waals surface area contributed by atoms with Crippen molar-refractivity contribution in [3.8, 4) is 6.07 Å². The van der Waals surface area contributed by atoms with Crippen LogP contribution in [-0.4, -0.2) is 4.98 Å². The fourth-order valence-electron chi connectivity index (χ4n) is 0.762. The van der Waals surface area contributed by atoms with Crippen LogP contribution in [0.2, 0.25) is 0 Å². The molecule has 0 spiro atoms. The summed E-state index contributed by atoms with van der Waals surface area (Å²) < 4.78 is 24.7. The number of pyridine rings is 1. The molecule has 6 heteroatoms. The zero-order valence-electron chi connectivity index (χ0n) is 6.26. The van der Waals surface area contributed by atoms with Crippen molar-refractivity contribution in [3.63, 3.8) is 0 Å². The number of rotatable bonds is 1. The molecule has 1 aromatic heterocycles. The summed E-state index contributed by atoms with van der Waals surface area (Å²) in [6.07, 6.45) is -2.63. The number of hydrogen-bond acceptors (Lipinski definition) is 3. The van der Waals surface area contributed by atoms with E-state index in [4.69, 9.17) is 11.0 Å². The van der Waals surface area contributed by atoms with Crippen LogP contribution in [-0.2, 0) is 0 Å². The van der Waals surface area contributed by atoms with Gasteiger partial charge in [-0.2, -0.15) is 5.26 Å². The second kappa shape index (κ2) is 3.83. The monoisotopic (exact) mass is 295 g/mol. The van der Waals surface area contributed by atoms with Crippen LogP contribution in [0.1, 0.15) is 17.6 Å². The van der Waals surface area contributed by atoms with E-state index in [-0.39, 0.29) is 20.6 Å². The van der Waals surface area contributed by atoms with Crippen molar-refractivity contribution in [2.45, 2.75) is 6.43 Å². The van der Waals surface area contributed by atoms with E-state index >= 15 is 0 Å². The molecule has 0 radical (unpaired) electrons. The molecule has 0 aliphatic heterocycles. The van der Waals surface area contributed by atoms with E-state index in [0.29, 0.717) is 0 Å². The molecule has 0 aliphatic rings. The first-order valence-electron chi connectivity index (χ1n) is 3.20. The third-order valence-electron chi connectivity index (χ3n) is 1.39. The van der Waals surface area contributed by atoms with Gasteiger partial charge >= 0.3 is 0 Å². The van der Waals surface area contributed by atoms with Crippen LogP contribution in [0.25, 0.3) is 0 Å². The van der Waals surface area contributed by atoms with Gasteiger partial charge in [0.05, 0.1) is 11.1 Å². The quantitative estimate of drug-likeness (QED) is 0.637. The van der Waals surface area contributed by atoms with E-state index in [2.05, 4.69) is 4.98 Å². The second-order valence-electron chi connectivity index (χ2n) is 2.21. The molecule has 1 aromatic rings. The van der Waals surface area contributed by atoms with Crippen molar-refractivity contribution in [2.24, 2.45) is 0 Å². The molecule has 0 amide bonds. The highest BCUT2D eigenvalue weighted by molar-refractivity contribution is 14.1. The lowest BCUT2D eigenvalue weighted by Crippen LogP contribution is -2.01. The van der Waals surface area contributed by atoms with Gasteiger partial charge in [0.25, 0.3) is 6.43 Å². The Labute approximate surface area is 86.7 Å². The first kappa shape index (κ1) is 10.1. The van der Waals surface area contributed by atoms with E-state index in [1.54, 1.807) is 28.7 Å². The topological polar surface area (TPSA) is 62.7 Å². The normalized spacial score (nSPS) is 10.1. The van der Waals surface area contributed by atoms with Gasteiger partial charge in [0.1, 0.15) is 15.6 Å². The highest BCUT2D eigenvalue weighted by atomic mass is 127. The molecular formula is C7H4F2IN3. The van der Waals surface area contributed by atoms with Crippen LogP contribution < -0.4 is 5.73 Å². The Morgan fingerprint density at radius 1 is 1.62 bits per heavy atom. The largest absolute Gasteiger partial charge is 0.383 e. The minimum Gasteiger partial charge on any atom is -0.383 e. The highest BCUT2D eigenvalue weighted by Crippen LogP contribution is 2.25. The van der Waals surface area contributed by atoms with E-state index in [9.17, 15) is 8.78 Å². The standard InChI is InChI=1S/C7H4F2IN3/c8-5(9)4-1-3(2-11)7(12)13-6(4)10/h1,5H,(H2,12,13). The zero-order valence-corrected chi connectivity index (χ0v) is 8.42. The Morgan fingerprint density at radius 2 is 2.23 bits per heavy atom. The maximum atomic E-state index is 12.3. The van der Waals surface area contributed by atoms with Gasteiger partial charge in [-0.25, -0.2) is 13.8 Å². The highest BCUT2D eigenvalue weighted by Gasteiger charge is 2.15. The molecular weight excluding hydrogens is 291 g/mol. The summed E-state index contributed by atoms with van der Waals surface area (Å²) in [4.78, 5) is 3.63. The van der Waals surface area contributed by atoms with Crippen LogP contribution in [0.5, 0.6) is 0 Å². The van der Waals surface area contributed by atoms with Crippen molar-refractivity contribution in [2.75, 3.05) is 5.73 Å². The fourth-order valence-corrected chi connectivity index (χ4v) is 1.41. The zero-order chi connectivity index (χ0) is 10.0. The average Bonchev–Trinajstić information content (AvgIpc) is 2.03. The number of alkyl halides is 2. The number of nitrogen functional groups attached to an aromatic ring is 1. The molecule has 13 heavy (non-hydrogen) atoms. The number of nitrogens with two attached hydrogens (primary N) is 1. The van der Waals surface area contributed by atoms with Gasteiger partial charge in [-0.3, -0.25) is 0 Å². The smallest absolute Gasteiger partial charge is 0.266 e. The third kappa shape index (κ3) is 2.03. The molecule has 0 atom stereocenters. The summed E-state index contributed by atoms with van der Waals surface area (Å²) in [6, 6.07) is 2.76. The number of nitriles is 1. The number of anilines is 1. The molecule has 0 saturated carbocycles. The fraction of sp³-hybridized carbons (Fsp3) is 0.143. The molecule has 0 aromatic carbocycles. The van der Waals surface area contributed by atoms with Gasteiger partial charge < -0.3 is 5.73 Å². The summed E-state index contributed by atoms with van der Waals surface area (Å²) in [5, 5.41) is 8.50. The average molecular weight is 295 g/mol. The Bertz CT molecular complexity index is 373. The van der Waals surface area contributed by atoms with Crippen LogP contribution in [0.3, 0.4) is 0 Å². The molecule has 2 N–H and O–H groups in total. The predicted octanol–water partition coefficient (Wildman–Crippen LogP) is 2.08. The molecule has 0 fully saturated rings. The molecule has 0 unspecified atom stereocenters. The lowest BCUT2D eigenvalue weighted by atomic mass is 10.2. The summed E-state index contributed by atoms with van der Waals surface area (Å²) in [6.45, 7) is 0. The maximum Gasteiger partial charge on any atom is 0.266 e. The van der Waals surface area contributed by atoms with Gasteiger partial charge in [0, 0.05) is 0 Å². The van der Waals surface area contributed by atoms with Crippen molar-refractivity contribution in [3.05, 3.63) is 20.9 Å². The van der Waals surface area contributed by atoms with Crippen molar-refractivity contribution in [1.29, 1.82) is 5.26 Å². The molecule has 0 saturated heterocycles. The van der Waals surface area contributed by atoms with Crippen molar-refractivity contribution < 1.29 is 8.78 Å². The Kier molecular flexibility index (Phi) is 2.98. The summed E-state index contributed by atoms with van der Waals surface area (Å²) in [5.74, 6) is -0.0173. The number of aromatic nitrogens is 1. The van der Waals surface area contributed by atoms with E-state index in [1.807, 2.05) is 0 Å². The lowest BCUT2D eigenvalue weighted by Gasteiger charge is -2.04. The van der Waals surface area contributed by atoms with Crippen LogP contribution >= 0.6 is 22.6 Å². The van der Waals surface area contributed by atoms with E-state index in [1.165, 1.54) is 0 Å². The van der Waals surface area contributed by atoms with Gasteiger partial charge in [0.15, 0.2) is 0 Å². The molecule has 3 nitrogen and oxygen atoms in total. The van der Waals surface area contributed by atoms with Gasteiger partial charge in [-0.05, 0) is 28.7 Å². The van der Waals surface area contributed by atoms with Crippen LogP contribution in [0.4, 0.5) is 14.6 Å². The number of halogens is 3. The van der Waals surface area contributed by atoms with E-state index in [0.717, 1.165) is 6.07 Å². The first-order chi connectivity index (χ1) is 6.06. The minimum absolute atomic E-state index is 0.0173. The van der Waals surface area contributed by atoms with Crippen LogP contribution in [0.15, 0.2) is 6.07 Å². The Hall–Kier alpha value is -0.970. The first-order valence-corrected chi connectivity index (χ1v) is 4.28. The molecule has 68 valence electrons. The maximum absolute atomic E-state index is 12.3. The van der Waals surface area contributed by atoms with Crippen molar-refractivity contribution in [1.82, 2.24) is 4.98 Å². The molecule has 1 heterocycles. The number of hydrogen-bond donors (Lipinski definition) is 1. The second-order valence-corrected chi connectivity index (χ2v) is 3.24. The molecule has 1 rings (SSSR count). The Balaban J connectivity index is 3.33. The molecule has 0 aliphatic carbocycles. The SMILES string of the molecule is N#Cc1cc(C(F)F)c(I)nc1N. The predicted molar refractivity (Wildman–Crippen MR) is 51.0 cm³/mol. The van der Waals surface area contributed by atoms with Crippen LogP contribution in [0, 0.1) is 15.0 Å². The minimum atomic E-state index is -2.63. The Morgan fingerprint density at radius 3 is 2.69 bits per heavy atom.